The van der Waals surface area contributed by atoms with Crippen molar-refractivity contribution in [3.8, 4) is 0 Å². The van der Waals surface area contributed by atoms with Crippen LogP contribution in [0.15, 0.2) is 22.7 Å². The molecule has 1 heterocycles. The molecule has 0 amide bonds. The molecular weight excluding hydrogens is 281 g/mol. The largest absolute Gasteiger partial charge is 0.311 e. The van der Waals surface area contributed by atoms with Crippen molar-refractivity contribution in [2.24, 2.45) is 0 Å². The normalized spacial score (nSPS) is 25.6. The number of benzene rings is 1. The zero-order valence-electron chi connectivity index (χ0n) is 10.2. The van der Waals surface area contributed by atoms with Gasteiger partial charge in [-0.15, -0.1) is 0 Å². The fourth-order valence-corrected chi connectivity index (χ4v) is 3.12. The minimum absolute atomic E-state index is 0.115. The molecule has 1 nitrogen and oxygen atoms in total. The smallest absolute Gasteiger partial charge is 0.124 e. The van der Waals surface area contributed by atoms with Crippen molar-refractivity contribution in [2.75, 3.05) is 6.54 Å². The van der Waals surface area contributed by atoms with E-state index in [4.69, 9.17) is 0 Å². The van der Waals surface area contributed by atoms with E-state index in [1.54, 1.807) is 6.07 Å². The third-order valence-electron chi connectivity index (χ3n) is 3.47. The highest BCUT2D eigenvalue weighted by Gasteiger charge is 2.25. The van der Waals surface area contributed by atoms with E-state index in [0.29, 0.717) is 0 Å². The SMILES string of the molecule is CC1(Cc2cc(F)cc(Br)c2)CCCCCN1. The summed E-state index contributed by atoms with van der Waals surface area (Å²) in [7, 11) is 0. The lowest BCUT2D eigenvalue weighted by Crippen LogP contribution is -2.43. The summed E-state index contributed by atoms with van der Waals surface area (Å²) < 4.78 is 14.2. The lowest BCUT2D eigenvalue weighted by atomic mass is 9.88. The Kier molecular flexibility index (Phi) is 4.21. The third kappa shape index (κ3) is 3.78. The van der Waals surface area contributed by atoms with Crippen LogP contribution >= 0.6 is 15.9 Å². The first-order valence-corrected chi connectivity index (χ1v) is 7.07. The van der Waals surface area contributed by atoms with Crippen molar-refractivity contribution in [1.29, 1.82) is 0 Å². The predicted molar refractivity (Wildman–Crippen MR) is 72.7 cm³/mol. The lowest BCUT2D eigenvalue weighted by Gasteiger charge is -2.29. The molecule has 0 spiro atoms. The van der Waals surface area contributed by atoms with Gasteiger partial charge < -0.3 is 5.32 Å². The first kappa shape index (κ1) is 13.0. The molecule has 0 radical (unpaired) electrons. The molecule has 2 rings (SSSR count). The van der Waals surface area contributed by atoms with Crippen molar-refractivity contribution < 1.29 is 4.39 Å². The molecule has 0 aromatic heterocycles. The zero-order chi connectivity index (χ0) is 12.3. The van der Waals surface area contributed by atoms with Gasteiger partial charge in [-0.2, -0.15) is 0 Å². The van der Waals surface area contributed by atoms with Crippen LogP contribution in [0.1, 0.15) is 38.2 Å². The highest BCUT2D eigenvalue weighted by atomic mass is 79.9. The molecule has 1 aromatic carbocycles. The number of halogens is 2. The lowest BCUT2D eigenvalue weighted by molar-refractivity contribution is 0.345. The molecule has 0 aliphatic carbocycles. The van der Waals surface area contributed by atoms with E-state index in [0.717, 1.165) is 23.0 Å². The van der Waals surface area contributed by atoms with Crippen LogP contribution in [0.4, 0.5) is 4.39 Å². The maximum absolute atomic E-state index is 13.3. The molecule has 94 valence electrons. The Balaban J connectivity index is 2.12. The second-order valence-corrected chi connectivity index (χ2v) is 6.17. The molecule has 1 aromatic rings. The van der Waals surface area contributed by atoms with E-state index in [2.05, 4.69) is 28.2 Å². The summed E-state index contributed by atoms with van der Waals surface area (Å²) in [6.07, 6.45) is 5.88. The van der Waals surface area contributed by atoms with Crippen LogP contribution in [0.5, 0.6) is 0 Å². The van der Waals surface area contributed by atoms with Gasteiger partial charge in [-0.25, -0.2) is 4.39 Å². The van der Waals surface area contributed by atoms with Crippen molar-refractivity contribution in [2.45, 2.75) is 44.6 Å². The fourth-order valence-electron chi connectivity index (χ4n) is 2.61. The van der Waals surface area contributed by atoms with Gasteiger partial charge in [0.15, 0.2) is 0 Å². The first-order valence-electron chi connectivity index (χ1n) is 6.27. The van der Waals surface area contributed by atoms with Gasteiger partial charge in [0.2, 0.25) is 0 Å². The van der Waals surface area contributed by atoms with Gasteiger partial charge in [0, 0.05) is 10.0 Å². The quantitative estimate of drug-likeness (QED) is 0.868. The number of rotatable bonds is 2. The monoisotopic (exact) mass is 299 g/mol. The van der Waals surface area contributed by atoms with E-state index >= 15 is 0 Å². The molecule has 1 N–H and O–H groups in total. The average Bonchev–Trinajstić information content (AvgIpc) is 2.41. The zero-order valence-corrected chi connectivity index (χ0v) is 11.8. The highest BCUT2D eigenvalue weighted by molar-refractivity contribution is 9.10. The molecule has 3 heteroatoms. The Morgan fingerprint density at radius 1 is 1.29 bits per heavy atom. The molecule has 1 aliphatic rings. The number of nitrogens with one attached hydrogen (secondary N) is 1. The maximum Gasteiger partial charge on any atom is 0.124 e. The van der Waals surface area contributed by atoms with Crippen LogP contribution in [-0.4, -0.2) is 12.1 Å². The first-order chi connectivity index (χ1) is 8.07. The molecule has 0 bridgehead atoms. The predicted octanol–water partition coefficient (Wildman–Crippen LogP) is 4.05. The summed E-state index contributed by atoms with van der Waals surface area (Å²) in [4.78, 5) is 0. The van der Waals surface area contributed by atoms with Gasteiger partial charge in [-0.05, 0) is 56.5 Å². The number of hydrogen-bond acceptors (Lipinski definition) is 1. The Morgan fingerprint density at radius 2 is 2.12 bits per heavy atom. The standard InChI is InChI=1S/C14H19BrFN/c1-14(5-3-2-4-6-17-14)10-11-7-12(15)9-13(16)8-11/h7-9,17H,2-6,10H2,1H3. The molecule has 1 fully saturated rings. The summed E-state index contributed by atoms with van der Waals surface area (Å²) in [5.74, 6) is -0.161. The van der Waals surface area contributed by atoms with Crippen LogP contribution in [-0.2, 0) is 6.42 Å². The Hall–Kier alpha value is -0.410. The Morgan fingerprint density at radius 3 is 2.88 bits per heavy atom. The van der Waals surface area contributed by atoms with Crippen LogP contribution in [0.25, 0.3) is 0 Å². The third-order valence-corrected chi connectivity index (χ3v) is 3.93. The number of hydrogen-bond donors (Lipinski definition) is 1. The second kappa shape index (κ2) is 5.49. The highest BCUT2D eigenvalue weighted by Crippen LogP contribution is 2.25. The molecule has 1 saturated heterocycles. The van der Waals surface area contributed by atoms with Gasteiger partial charge in [0.1, 0.15) is 5.82 Å². The van der Waals surface area contributed by atoms with Gasteiger partial charge in [0.05, 0.1) is 0 Å². The van der Waals surface area contributed by atoms with Crippen molar-refractivity contribution >= 4 is 15.9 Å². The van der Waals surface area contributed by atoms with Crippen LogP contribution in [0.3, 0.4) is 0 Å². The van der Waals surface area contributed by atoms with E-state index < -0.39 is 0 Å². The van der Waals surface area contributed by atoms with Crippen LogP contribution < -0.4 is 5.32 Å². The van der Waals surface area contributed by atoms with Crippen molar-refractivity contribution in [3.05, 3.63) is 34.1 Å². The minimum Gasteiger partial charge on any atom is -0.311 e. The molecule has 1 aliphatic heterocycles. The molecule has 17 heavy (non-hydrogen) atoms. The van der Waals surface area contributed by atoms with Crippen molar-refractivity contribution in [1.82, 2.24) is 5.32 Å². The summed E-state index contributed by atoms with van der Waals surface area (Å²) >= 11 is 3.35. The summed E-state index contributed by atoms with van der Waals surface area (Å²) in [6.45, 7) is 3.32. The summed E-state index contributed by atoms with van der Waals surface area (Å²) in [6, 6.07) is 5.16. The molecule has 1 atom stereocenters. The topological polar surface area (TPSA) is 12.0 Å². The van der Waals surface area contributed by atoms with Crippen LogP contribution in [0, 0.1) is 5.82 Å². The Bertz CT molecular complexity index is 364. The van der Waals surface area contributed by atoms with Crippen molar-refractivity contribution in [3.63, 3.8) is 0 Å². The van der Waals surface area contributed by atoms with E-state index in [1.807, 2.05) is 6.07 Å². The van der Waals surface area contributed by atoms with Gasteiger partial charge >= 0.3 is 0 Å². The fraction of sp³-hybridized carbons (Fsp3) is 0.571. The average molecular weight is 300 g/mol. The van der Waals surface area contributed by atoms with Crippen LogP contribution in [0.2, 0.25) is 0 Å². The summed E-state index contributed by atoms with van der Waals surface area (Å²) in [5.41, 5.74) is 1.18. The maximum atomic E-state index is 13.3. The van der Waals surface area contributed by atoms with E-state index in [1.165, 1.54) is 31.7 Å². The van der Waals surface area contributed by atoms with Gasteiger partial charge in [-0.3, -0.25) is 0 Å². The molecule has 0 saturated carbocycles. The minimum atomic E-state index is -0.161. The summed E-state index contributed by atoms with van der Waals surface area (Å²) in [5, 5.41) is 3.61. The Labute approximate surface area is 111 Å². The second-order valence-electron chi connectivity index (χ2n) is 5.25. The van der Waals surface area contributed by atoms with E-state index in [9.17, 15) is 4.39 Å². The van der Waals surface area contributed by atoms with E-state index in [-0.39, 0.29) is 11.4 Å². The molecule has 1 unspecified atom stereocenters. The van der Waals surface area contributed by atoms with Gasteiger partial charge in [0.25, 0.3) is 0 Å². The molecular formula is C14H19BrFN. The van der Waals surface area contributed by atoms with Gasteiger partial charge in [-0.1, -0.05) is 28.8 Å².